The molecule has 0 saturated heterocycles. The summed E-state index contributed by atoms with van der Waals surface area (Å²) >= 11 is 0. The van der Waals surface area contributed by atoms with Gasteiger partial charge in [-0.1, -0.05) is 20.8 Å². The highest BCUT2D eigenvalue weighted by atomic mass is 32.2. The third kappa shape index (κ3) is 4.94. The molecule has 1 rings (SSSR count). The van der Waals surface area contributed by atoms with E-state index in [1.807, 2.05) is 13.8 Å². The number of nitrogens with zero attached hydrogens (tertiary/aromatic N) is 2. The van der Waals surface area contributed by atoms with Crippen LogP contribution in [0.2, 0.25) is 0 Å². The second kappa shape index (κ2) is 7.32. The molecule has 0 saturated carbocycles. The fourth-order valence-corrected chi connectivity index (χ4v) is 2.20. The summed E-state index contributed by atoms with van der Waals surface area (Å²) in [5, 5.41) is 2.53. The molecule has 1 aromatic heterocycles. The molecule has 0 aliphatic carbocycles. The second-order valence-corrected chi connectivity index (χ2v) is 7.25. The molecule has 1 aromatic rings. The van der Waals surface area contributed by atoms with Crippen LogP contribution < -0.4 is 16.6 Å². The van der Waals surface area contributed by atoms with Crippen LogP contribution in [0.4, 0.5) is 5.69 Å². The lowest BCUT2D eigenvalue weighted by Gasteiger charge is -2.11. The molecule has 1 amide bonds. The van der Waals surface area contributed by atoms with Gasteiger partial charge in [-0.25, -0.2) is 18.4 Å². The number of aromatic nitrogens is 2. The van der Waals surface area contributed by atoms with Crippen molar-refractivity contribution in [1.29, 1.82) is 0 Å². The lowest BCUT2D eigenvalue weighted by Crippen LogP contribution is -2.31. The summed E-state index contributed by atoms with van der Waals surface area (Å²) in [6.45, 7) is 5.40. The minimum atomic E-state index is -3.12. The van der Waals surface area contributed by atoms with Crippen LogP contribution in [-0.4, -0.2) is 42.3 Å². The van der Waals surface area contributed by atoms with Crippen molar-refractivity contribution in [2.75, 3.05) is 23.5 Å². The van der Waals surface area contributed by atoms with Crippen molar-refractivity contribution in [1.82, 2.24) is 15.3 Å². The largest absolute Gasteiger partial charge is 0.350 e. The van der Waals surface area contributed by atoms with Gasteiger partial charge in [0.1, 0.15) is 5.82 Å². The lowest BCUT2D eigenvalue weighted by atomic mass is 10.2. The zero-order valence-corrected chi connectivity index (χ0v) is 13.2. The SMILES string of the molecule is CCS(=O)(=O)CCNC(=O)c1nc(C(C)C)ncc1NN. The van der Waals surface area contributed by atoms with Crippen LogP contribution in [0, 0.1) is 0 Å². The van der Waals surface area contributed by atoms with Gasteiger partial charge in [-0.3, -0.25) is 10.6 Å². The number of sulfone groups is 1. The Balaban J connectivity index is 2.83. The summed E-state index contributed by atoms with van der Waals surface area (Å²) in [6, 6.07) is 0. The molecule has 8 nitrogen and oxygen atoms in total. The summed E-state index contributed by atoms with van der Waals surface area (Å²) in [5.41, 5.74) is 2.75. The number of nitrogens with one attached hydrogen (secondary N) is 2. The fourth-order valence-electron chi connectivity index (χ4n) is 1.50. The zero-order chi connectivity index (χ0) is 16.0. The van der Waals surface area contributed by atoms with E-state index in [2.05, 4.69) is 20.7 Å². The van der Waals surface area contributed by atoms with E-state index >= 15 is 0 Å². The maximum atomic E-state index is 12.1. The molecule has 0 spiro atoms. The van der Waals surface area contributed by atoms with Crippen LogP contribution in [0.15, 0.2) is 6.20 Å². The summed E-state index contributed by atoms with van der Waals surface area (Å²) in [7, 11) is -3.12. The fraction of sp³-hybridized carbons (Fsp3) is 0.583. The van der Waals surface area contributed by atoms with E-state index in [0.717, 1.165) is 0 Å². The van der Waals surface area contributed by atoms with Crippen molar-refractivity contribution in [3.8, 4) is 0 Å². The molecule has 21 heavy (non-hydrogen) atoms. The number of nitrogen functional groups attached to an aromatic ring is 1. The zero-order valence-electron chi connectivity index (χ0n) is 12.4. The van der Waals surface area contributed by atoms with Gasteiger partial charge in [0.2, 0.25) is 0 Å². The van der Waals surface area contributed by atoms with E-state index < -0.39 is 15.7 Å². The number of rotatable bonds is 7. The minimum Gasteiger partial charge on any atom is -0.350 e. The Morgan fingerprint density at radius 1 is 1.43 bits per heavy atom. The molecular weight excluding hydrogens is 294 g/mol. The molecule has 0 radical (unpaired) electrons. The van der Waals surface area contributed by atoms with E-state index in [4.69, 9.17) is 5.84 Å². The summed E-state index contributed by atoms with van der Waals surface area (Å²) in [6.07, 6.45) is 1.43. The Labute approximate surface area is 124 Å². The monoisotopic (exact) mass is 315 g/mol. The Bertz CT molecular complexity index is 601. The molecule has 0 aliphatic rings. The number of nitrogens with two attached hydrogens (primary N) is 1. The van der Waals surface area contributed by atoms with Gasteiger partial charge in [-0.15, -0.1) is 0 Å². The third-order valence-electron chi connectivity index (χ3n) is 2.83. The molecule has 0 atom stereocenters. The van der Waals surface area contributed by atoms with E-state index in [0.29, 0.717) is 5.82 Å². The van der Waals surface area contributed by atoms with Crippen LogP contribution in [0.1, 0.15) is 43.0 Å². The van der Waals surface area contributed by atoms with Crippen molar-refractivity contribution >= 4 is 21.4 Å². The smallest absolute Gasteiger partial charge is 0.272 e. The number of amides is 1. The lowest BCUT2D eigenvalue weighted by molar-refractivity contribution is 0.0951. The molecule has 0 aromatic carbocycles. The Morgan fingerprint density at radius 2 is 2.10 bits per heavy atom. The van der Waals surface area contributed by atoms with Crippen LogP contribution in [-0.2, 0) is 9.84 Å². The predicted molar refractivity (Wildman–Crippen MR) is 80.6 cm³/mol. The number of carbonyl (C=O) groups is 1. The first kappa shape index (κ1) is 17.3. The van der Waals surface area contributed by atoms with E-state index in [1.165, 1.54) is 6.20 Å². The number of hydrogen-bond acceptors (Lipinski definition) is 7. The van der Waals surface area contributed by atoms with Gasteiger partial charge in [-0.05, 0) is 0 Å². The van der Waals surface area contributed by atoms with E-state index in [1.54, 1.807) is 6.92 Å². The Kier molecular flexibility index (Phi) is 6.03. The molecule has 4 N–H and O–H groups in total. The van der Waals surface area contributed by atoms with Crippen LogP contribution in [0.3, 0.4) is 0 Å². The van der Waals surface area contributed by atoms with Gasteiger partial charge in [-0.2, -0.15) is 0 Å². The number of carbonyl (C=O) groups excluding carboxylic acids is 1. The molecule has 0 aliphatic heterocycles. The standard InChI is InChI=1S/C12H21N5O3S/c1-4-21(19,20)6-5-14-12(18)10-9(17-13)7-15-11(16-10)8(2)3/h7-8,17H,4-6,13H2,1-3H3,(H,14,18). The number of anilines is 1. The first-order valence-electron chi connectivity index (χ1n) is 6.63. The average Bonchev–Trinajstić information content (AvgIpc) is 2.46. The maximum Gasteiger partial charge on any atom is 0.272 e. The van der Waals surface area contributed by atoms with Crippen LogP contribution in [0.5, 0.6) is 0 Å². The Hall–Kier alpha value is -1.74. The first-order chi connectivity index (χ1) is 9.80. The van der Waals surface area contributed by atoms with Gasteiger partial charge in [0.25, 0.3) is 5.91 Å². The topological polar surface area (TPSA) is 127 Å². The van der Waals surface area contributed by atoms with Gasteiger partial charge in [0, 0.05) is 18.2 Å². The Morgan fingerprint density at radius 3 is 2.62 bits per heavy atom. The van der Waals surface area contributed by atoms with Gasteiger partial charge >= 0.3 is 0 Å². The molecule has 9 heteroatoms. The normalized spacial score (nSPS) is 11.5. The highest BCUT2D eigenvalue weighted by Crippen LogP contribution is 2.15. The third-order valence-corrected chi connectivity index (χ3v) is 4.54. The van der Waals surface area contributed by atoms with Crippen molar-refractivity contribution in [3.05, 3.63) is 17.7 Å². The summed E-state index contributed by atoms with van der Waals surface area (Å²) in [5.74, 6) is 5.35. The highest BCUT2D eigenvalue weighted by Gasteiger charge is 2.16. The summed E-state index contributed by atoms with van der Waals surface area (Å²) in [4.78, 5) is 20.3. The van der Waals surface area contributed by atoms with Crippen LogP contribution >= 0.6 is 0 Å². The number of hydrazine groups is 1. The first-order valence-corrected chi connectivity index (χ1v) is 8.45. The quantitative estimate of drug-likeness (QED) is 0.479. The predicted octanol–water partition coefficient (Wildman–Crippen LogP) is 0.0501. The average molecular weight is 315 g/mol. The van der Waals surface area contributed by atoms with Crippen LogP contribution in [0.25, 0.3) is 0 Å². The highest BCUT2D eigenvalue weighted by molar-refractivity contribution is 7.91. The molecular formula is C12H21N5O3S. The van der Waals surface area contributed by atoms with Crippen molar-refractivity contribution in [3.63, 3.8) is 0 Å². The minimum absolute atomic E-state index is 0.0278. The van der Waals surface area contributed by atoms with Gasteiger partial charge < -0.3 is 10.7 Å². The molecule has 0 bridgehead atoms. The number of hydrogen-bond donors (Lipinski definition) is 3. The molecule has 1 heterocycles. The second-order valence-electron chi connectivity index (χ2n) is 4.78. The van der Waals surface area contributed by atoms with Gasteiger partial charge in [0.05, 0.1) is 17.6 Å². The molecule has 0 unspecified atom stereocenters. The maximum absolute atomic E-state index is 12.1. The van der Waals surface area contributed by atoms with Crippen molar-refractivity contribution in [2.24, 2.45) is 5.84 Å². The van der Waals surface area contributed by atoms with Crippen molar-refractivity contribution in [2.45, 2.75) is 26.7 Å². The van der Waals surface area contributed by atoms with Gasteiger partial charge in [0.15, 0.2) is 15.5 Å². The molecule has 0 fully saturated rings. The molecule has 118 valence electrons. The summed E-state index contributed by atoms with van der Waals surface area (Å²) < 4.78 is 22.7. The van der Waals surface area contributed by atoms with E-state index in [9.17, 15) is 13.2 Å². The van der Waals surface area contributed by atoms with E-state index in [-0.39, 0.29) is 35.3 Å². The van der Waals surface area contributed by atoms with Crippen molar-refractivity contribution < 1.29 is 13.2 Å².